The molecule has 0 amide bonds. The van der Waals surface area contributed by atoms with Crippen molar-refractivity contribution in [3.63, 3.8) is 0 Å². The van der Waals surface area contributed by atoms with Crippen LogP contribution in [0, 0.1) is 6.92 Å². The molecule has 0 bridgehead atoms. The van der Waals surface area contributed by atoms with E-state index in [-0.39, 0.29) is 5.54 Å². The van der Waals surface area contributed by atoms with Crippen molar-refractivity contribution in [2.45, 2.75) is 44.6 Å². The minimum absolute atomic E-state index is 0.101. The first-order valence-corrected chi connectivity index (χ1v) is 5.43. The van der Waals surface area contributed by atoms with Gasteiger partial charge >= 0.3 is 0 Å². The molecule has 0 spiro atoms. The van der Waals surface area contributed by atoms with E-state index in [1.807, 2.05) is 12.3 Å². The summed E-state index contributed by atoms with van der Waals surface area (Å²) in [7, 11) is 0. The van der Waals surface area contributed by atoms with Gasteiger partial charge in [0.2, 0.25) is 0 Å². The predicted octanol–water partition coefficient (Wildman–Crippen LogP) is 2.51. The molecule has 0 unspecified atom stereocenters. The summed E-state index contributed by atoms with van der Waals surface area (Å²) in [5, 5.41) is 0. The maximum absolute atomic E-state index is 6.44. The average molecular weight is 190 g/mol. The summed E-state index contributed by atoms with van der Waals surface area (Å²) < 4.78 is 0. The molecule has 1 saturated carbocycles. The monoisotopic (exact) mass is 190 g/mol. The van der Waals surface area contributed by atoms with E-state index in [0.29, 0.717) is 0 Å². The van der Waals surface area contributed by atoms with Crippen LogP contribution in [-0.4, -0.2) is 4.98 Å². The molecular formula is C12H18N2. The third kappa shape index (κ3) is 1.67. The molecule has 0 atom stereocenters. The Balaban J connectivity index is 2.32. The fraction of sp³-hybridized carbons (Fsp3) is 0.583. The van der Waals surface area contributed by atoms with Crippen LogP contribution in [0.1, 0.15) is 43.4 Å². The molecule has 76 valence electrons. The standard InChI is InChI=1S/C12H18N2/c1-10-11(6-5-9-14-10)12(13)7-3-2-4-8-12/h5-6,9H,2-4,7-8,13H2,1H3. The van der Waals surface area contributed by atoms with E-state index >= 15 is 0 Å². The van der Waals surface area contributed by atoms with Gasteiger partial charge in [-0.25, -0.2) is 0 Å². The van der Waals surface area contributed by atoms with Crippen LogP contribution in [0.5, 0.6) is 0 Å². The van der Waals surface area contributed by atoms with Gasteiger partial charge in [-0.2, -0.15) is 0 Å². The van der Waals surface area contributed by atoms with Gasteiger partial charge in [-0.1, -0.05) is 25.3 Å². The van der Waals surface area contributed by atoms with Gasteiger partial charge in [0.15, 0.2) is 0 Å². The van der Waals surface area contributed by atoms with Crippen LogP contribution in [0.25, 0.3) is 0 Å². The lowest BCUT2D eigenvalue weighted by atomic mass is 9.77. The summed E-state index contributed by atoms with van der Waals surface area (Å²) in [5.74, 6) is 0. The average Bonchev–Trinajstić information content (AvgIpc) is 2.19. The largest absolute Gasteiger partial charge is 0.321 e. The Morgan fingerprint density at radius 3 is 2.64 bits per heavy atom. The molecule has 2 heteroatoms. The third-order valence-corrected chi connectivity index (χ3v) is 3.29. The Morgan fingerprint density at radius 2 is 2.00 bits per heavy atom. The van der Waals surface area contributed by atoms with Crippen molar-refractivity contribution < 1.29 is 0 Å². The molecule has 0 radical (unpaired) electrons. The van der Waals surface area contributed by atoms with Gasteiger partial charge in [0.1, 0.15) is 0 Å². The Morgan fingerprint density at radius 1 is 1.29 bits per heavy atom. The van der Waals surface area contributed by atoms with Crippen LogP contribution in [-0.2, 0) is 5.54 Å². The third-order valence-electron chi connectivity index (χ3n) is 3.29. The fourth-order valence-corrected chi connectivity index (χ4v) is 2.46. The van der Waals surface area contributed by atoms with Gasteiger partial charge in [-0.3, -0.25) is 4.98 Å². The Hall–Kier alpha value is -0.890. The highest BCUT2D eigenvalue weighted by Gasteiger charge is 2.30. The maximum Gasteiger partial charge on any atom is 0.0427 e. The molecule has 0 aliphatic heterocycles. The van der Waals surface area contributed by atoms with E-state index in [2.05, 4.69) is 18.0 Å². The zero-order valence-corrected chi connectivity index (χ0v) is 8.79. The Kier molecular flexibility index (Phi) is 2.55. The molecule has 1 aliphatic rings. The molecule has 2 rings (SSSR count). The van der Waals surface area contributed by atoms with Gasteiger partial charge in [-0.15, -0.1) is 0 Å². The topological polar surface area (TPSA) is 38.9 Å². The summed E-state index contributed by atoms with van der Waals surface area (Å²) in [6.07, 6.45) is 7.90. The SMILES string of the molecule is Cc1ncccc1C1(N)CCCCC1. The highest BCUT2D eigenvalue weighted by atomic mass is 14.8. The molecular weight excluding hydrogens is 172 g/mol. The molecule has 1 aromatic heterocycles. The first kappa shape index (κ1) is 9.66. The zero-order valence-electron chi connectivity index (χ0n) is 8.79. The van der Waals surface area contributed by atoms with E-state index in [1.165, 1.54) is 24.8 Å². The molecule has 0 aromatic carbocycles. The molecule has 1 heterocycles. The van der Waals surface area contributed by atoms with Gasteiger partial charge in [0, 0.05) is 17.4 Å². The highest BCUT2D eigenvalue weighted by molar-refractivity contribution is 5.27. The van der Waals surface area contributed by atoms with Gasteiger partial charge in [0.25, 0.3) is 0 Å². The minimum Gasteiger partial charge on any atom is -0.321 e. The number of pyridine rings is 1. The van der Waals surface area contributed by atoms with Crippen molar-refractivity contribution in [1.29, 1.82) is 0 Å². The molecule has 0 saturated heterocycles. The van der Waals surface area contributed by atoms with Crippen LogP contribution in [0.2, 0.25) is 0 Å². The first-order chi connectivity index (χ1) is 6.72. The summed E-state index contributed by atoms with van der Waals surface area (Å²) in [6.45, 7) is 2.05. The predicted molar refractivity (Wildman–Crippen MR) is 57.9 cm³/mol. The smallest absolute Gasteiger partial charge is 0.0427 e. The summed E-state index contributed by atoms with van der Waals surface area (Å²) in [4.78, 5) is 4.32. The van der Waals surface area contributed by atoms with Crippen LogP contribution in [0.15, 0.2) is 18.3 Å². The second kappa shape index (κ2) is 3.70. The number of nitrogens with two attached hydrogens (primary N) is 1. The van der Waals surface area contributed by atoms with Crippen LogP contribution in [0.3, 0.4) is 0 Å². The molecule has 1 aliphatic carbocycles. The van der Waals surface area contributed by atoms with Crippen molar-refractivity contribution in [2.75, 3.05) is 0 Å². The minimum atomic E-state index is -0.101. The van der Waals surface area contributed by atoms with Gasteiger partial charge in [-0.05, 0) is 31.4 Å². The van der Waals surface area contributed by atoms with Crippen molar-refractivity contribution in [2.24, 2.45) is 5.73 Å². The van der Waals surface area contributed by atoms with E-state index in [1.54, 1.807) is 0 Å². The van der Waals surface area contributed by atoms with E-state index in [0.717, 1.165) is 18.5 Å². The van der Waals surface area contributed by atoms with E-state index < -0.39 is 0 Å². The van der Waals surface area contributed by atoms with E-state index in [4.69, 9.17) is 5.73 Å². The normalized spacial score (nSPS) is 20.7. The fourth-order valence-electron chi connectivity index (χ4n) is 2.46. The van der Waals surface area contributed by atoms with E-state index in [9.17, 15) is 0 Å². The van der Waals surface area contributed by atoms with Gasteiger partial charge < -0.3 is 5.73 Å². The van der Waals surface area contributed by atoms with Crippen LogP contribution >= 0.6 is 0 Å². The second-order valence-corrected chi connectivity index (χ2v) is 4.35. The van der Waals surface area contributed by atoms with Crippen LogP contribution < -0.4 is 5.73 Å². The number of rotatable bonds is 1. The molecule has 14 heavy (non-hydrogen) atoms. The summed E-state index contributed by atoms with van der Waals surface area (Å²) in [5.41, 5.74) is 8.68. The Bertz CT molecular complexity index is 314. The summed E-state index contributed by atoms with van der Waals surface area (Å²) in [6, 6.07) is 4.12. The number of aryl methyl sites for hydroxylation is 1. The first-order valence-electron chi connectivity index (χ1n) is 5.43. The van der Waals surface area contributed by atoms with Crippen molar-refractivity contribution >= 4 is 0 Å². The quantitative estimate of drug-likeness (QED) is 0.739. The summed E-state index contributed by atoms with van der Waals surface area (Å²) >= 11 is 0. The Labute approximate surface area is 85.5 Å². The number of nitrogens with zero attached hydrogens (tertiary/aromatic N) is 1. The molecule has 2 N–H and O–H groups in total. The van der Waals surface area contributed by atoms with Crippen molar-refractivity contribution in [3.05, 3.63) is 29.6 Å². The van der Waals surface area contributed by atoms with Crippen LogP contribution in [0.4, 0.5) is 0 Å². The maximum atomic E-state index is 6.44. The van der Waals surface area contributed by atoms with Gasteiger partial charge in [0.05, 0.1) is 0 Å². The lowest BCUT2D eigenvalue weighted by molar-refractivity contribution is 0.300. The highest BCUT2D eigenvalue weighted by Crippen LogP contribution is 2.35. The van der Waals surface area contributed by atoms with Crippen molar-refractivity contribution in [1.82, 2.24) is 4.98 Å². The van der Waals surface area contributed by atoms with Crippen molar-refractivity contribution in [3.8, 4) is 0 Å². The number of hydrogen-bond donors (Lipinski definition) is 1. The molecule has 2 nitrogen and oxygen atoms in total. The second-order valence-electron chi connectivity index (χ2n) is 4.35. The lowest BCUT2D eigenvalue weighted by Gasteiger charge is -2.34. The number of hydrogen-bond acceptors (Lipinski definition) is 2. The molecule has 1 aromatic rings. The number of aromatic nitrogens is 1. The lowest BCUT2D eigenvalue weighted by Crippen LogP contribution is -2.39. The zero-order chi connectivity index (χ0) is 10.0. The molecule has 1 fully saturated rings.